The van der Waals surface area contributed by atoms with E-state index in [2.05, 4.69) is 31.6 Å². The fourth-order valence-corrected chi connectivity index (χ4v) is 2.45. The highest BCUT2D eigenvalue weighted by Crippen LogP contribution is 2.39. The van der Waals surface area contributed by atoms with Crippen molar-refractivity contribution in [3.63, 3.8) is 0 Å². The van der Waals surface area contributed by atoms with Gasteiger partial charge in [0.1, 0.15) is 0 Å². The van der Waals surface area contributed by atoms with Gasteiger partial charge in [-0.05, 0) is 37.0 Å². The molecule has 0 spiro atoms. The third-order valence-electron chi connectivity index (χ3n) is 3.63. The molecule has 0 aliphatic heterocycles. The molecule has 0 saturated heterocycles. The zero-order valence-electron chi connectivity index (χ0n) is 10.9. The highest BCUT2D eigenvalue weighted by atomic mass is 16.2. The molecule has 5 nitrogen and oxygen atoms in total. The van der Waals surface area contributed by atoms with Crippen molar-refractivity contribution in [3.05, 3.63) is 0 Å². The third-order valence-corrected chi connectivity index (χ3v) is 3.63. The van der Waals surface area contributed by atoms with Crippen molar-refractivity contribution in [3.8, 4) is 0 Å². The lowest BCUT2D eigenvalue weighted by molar-refractivity contribution is -0.127. The van der Waals surface area contributed by atoms with E-state index >= 15 is 0 Å². The highest BCUT2D eigenvalue weighted by Gasteiger charge is 2.32. The summed E-state index contributed by atoms with van der Waals surface area (Å²) in [6, 6.07) is -0.735. The minimum Gasteiger partial charge on any atom is -0.350 e. The van der Waals surface area contributed by atoms with Crippen molar-refractivity contribution in [1.29, 1.82) is 0 Å². The van der Waals surface area contributed by atoms with Gasteiger partial charge in [-0.15, -0.1) is 0 Å². The molecule has 0 bridgehead atoms. The molecular weight excluding hydrogens is 218 g/mol. The Bertz CT molecular complexity index is 289. The molecule has 0 aromatic carbocycles. The van der Waals surface area contributed by atoms with E-state index in [4.69, 9.17) is 5.73 Å². The first kappa shape index (κ1) is 13.8. The van der Waals surface area contributed by atoms with Gasteiger partial charge in [-0.1, -0.05) is 20.8 Å². The summed E-state index contributed by atoms with van der Waals surface area (Å²) >= 11 is 0. The van der Waals surface area contributed by atoms with E-state index in [0.29, 0.717) is 11.3 Å². The van der Waals surface area contributed by atoms with Gasteiger partial charge in [0.05, 0.1) is 0 Å². The van der Waals surface area contributed by atoms with Crippen LogP contribution in [-0.2, 0) is 4.79 Å². The van der Waals surface area contributed by atoms with Crippen molar-refractivity contribution in [2.75, 3.05) is 0 Å². The minimum absolute atomic E-state index is 0.000417. The lowest BCUT2D eigenvalue weighted by Crippen LogP contribution is -2.47. The predicted octanol–water partition coefficient (Wildman–Crippen LogP) is 1.54. The summed E-state index contributed by atoms with van der Waals surface area (Å²) in [6.45, 7) is 6.73. The molecule has 4 N–H and O–H groups in total. The Hall–Kier alpha value is -1.26. The average molecular weight is 241 g/mol. The first-order valence-corrected chi connectivity index (χ1v) is 6.16. The van der Waals surface area contributed by atoms with Gasteiger partial charge >= 0.3 is 6.03 Å². The summed E-state index contributed by atoms with van der Waals surface area (Å²) in [5, 5.41) is 0. The molecule has 17 heavy (non-hydrogen) atoms. The number of urea groups is 1. The monoisotopic (exact) mass is 241 g/mol. The van der Waals surface area contributed by atoms with Gasteiger partial charge in [0.15, 0.2) is 0 Å². The van der Waals surface area contributed by atoms with Crippen LogP contribution in [0.5, 0.6) is 0 Å². The molecule has 0 unspecified atom stereocenters. The molecule has 0 aromatic rings. The molecular formula is C12H23N3O2. The quantitative estimate of drug-likeness (QED) is 0.608. The maximum Gasteiger partial charge on any atom is 0.330 e. The maximum absolute atomic E-state index is 11.7. The molecule has 0 radical (unpaired) electrons. The summed E-state index contributed by atoms with van der Waals surface area (Å²) < 4.78 is 0. The Morgan fingerprint density at radius 2 is 1.59 bits per heavy atom. The van der Waals surface area contributed by atoms with Crippen molar-refractivity contribution in [1.82, 2.24) is 10.9 Å². The van der Waals surface area contributed by atoms with Crippen LogP contribution in [0.3, 0.4) is 0 Å². The molecule has 1 fully saturated rings. The number of carbonyl (C=O) groups is 2. The van der Waals surface area contributed by atoms with Crippen molar-refractivity contribution in [2.45, 2.75) is 46.5 Å². The molecule has 0 heterocycles. The lowest BCUT2D eigenvalue weighted by Gasteiger charge is -2.36. The molecule has 1 rings (SSSR count). The van der Waals surface area contributed by atoms with Crippen LogP contribution in [0.15, 0.2) is 0 Å². The minimum atomic E-state index is -0.735. The molecule has 0 atom stereocenters. The van der Waals surface area contributed by atoms with Gasteiger partial charge in [-0.3, -0.25) is 10.2 Å². The van der Waals surface area contributed by atoms with E-state index in [0.717, 1.165) is 25.7 Å². The van der Waals surface area contributed by atoms with E-state index in [1.54, 1.807) is 0 Å². The zero-order valence-corrected chi connectivity index (χ0v) is 10.9. The summed E-state index contributed by atoms with van der Waals surface area (Å²) in [6.07, 6.45) is 3.90. The summed E-state index contributed by atoms with van der Waals surface area (Å²) in [4.78, 5) is 22.1. The Morgan fingerprint density at radius 1 is 1.06 bits per heavy atom. The molecule has 0 aromatic heterocycles. The van der Waals surface area contributed by atoms with E-state index in [1.165, 1.54) is 0 Å². The first-order chi connectivity index (χ1) is 7.80. The van der Waals surface area contributed by atoms with E-state index in [1.807, 2.05) is 0 Å². The van der Waals surface area contributed by atoms with Crippen LogP contribution in [0, 0.1) is 17.3 Å². The number of rotatable bonds is 1. The largest absolute Gasteiger partial charge is 0.350 e. The van der Waals surface area contributed by atoms with Crippen LogP contribution in [0.4, 0.5) is 4.79 Å². The van der Waals surface area contributed by atoms with Crippen molar-refractivity contribution < 1.29 is 9.59 Å². The van der Waals surface area contributed by atoms with Crippen LogP contribution in [0.1, 0.15) is 46.5 Å². The Kier molecular flexibility index (Phi) is 4.37. The van der Waals surface area contributed by atoms with Crippen molar-refractivity contribution >= 4 is 11.9 Å². The first-order valence-electron chi connectivity index (χ1n) is 6.16. The number of carbonyl (C=O) groups excluding carboxylic acids is 2. The highest BCUT2D eigenvalue weighted by molar-refractivity contribution is 5.82. The second-order valence-electron chi connectivity index (χ2n) is 5.89. The molecule has 98 valence electrons. The number of amides is 3. The van der Waals surface area contributed by atoms with Gasteiger partial charge < -0.3 is 5.73 Å². The predicted molar refractivity (Wildman–Crippen MR) is 65.8 cm³/mol. The van der Waals surface area contributed by atoms with E-state index in [9.17, 15) is 9.59 Å². The molecule has 1 saturated carbocycles. The molecule has 1 aliphatic carbocycles. The van der Waals surface area contributed by atoms with Crippen LogP contribution in [0.2, 0.25) is 0 Å². The third kappa shape index (κ3) is 4.24. The maximum atomic E-state index is 11.7. The fourth-order valence-electron chi connectivity index (χ4n) is 2.45. The molecule has 3 amide bonds. The summed E-state index contributed by atoms with van der Waals surface area (Å²) in [5.74, 6) is 0.548. The van der Waals surface area contributed by atoms with Crippen LogP contribution < -0.4 is 16.6 Å². The van der Waals surface area contributed by atoms with Crippen molar-refractivity contribution in [2.24, 2.45) is 23.0 Å². The Labute approximate surface area is 102 Å². The van der Waals surface area contributed by atoms with Crippen LogP contribution in [-0.4, -0.2) is 11.9 Å². The van der Waals surface area contributed by atoms with Gasteiger partial charge in [0, 0.05) is 5.92 Å². The van der Waals surface area contributed by atoms with Gasteiger partial charge in [-0.2, -0.15) is 0 Å². The second kappa shape index (κ2) is 5.38. The van der Waals surface area contributed by atoms with E-state index in [-0.39, 0.29) is 11.8 Å². The van der Waals surface area contributed by atoms with E-state index < -0.39 is 6.03 Å². The average Bonchev–Trinajstić information content (AvgIpc) is 2.25. The number of primary amides is 1. The lowest BCUT2D eigenvalue weighted by atomic mass is 9.70. The normalized spacial score (nSPS) is 25.1. The number of hydrazine groups is 1. The van der Waals surface area contributed by atoms with Gasteiger partial charge in [-0.25, -0.2) is 10.2 Å². The summed E-state index contributed by atoms with van der Waals surface area (Å²) in [7, 11) is 0. The standard InChI is InChI=1S/C12H23N3O2/c1-12(2,3)9-6-4-8(5-7-9)10(16)14-15-11(13)17/h8-9H,4-7H2,1-3H3,(H,14,16)(H3,13,15,17). The number of nitrogens with one attached hydrogen (secondary N) is 2. The topological polar surface area (TPSA) is 84.2 Å². The second-order valence-corrected chi connectivity index (χ2v) is 5.89. The zero-order chi connectivity index (χ0) is 13.1. The van der Waals surface area contributed by atoms with Gasteiger partial charge in [0.25, 0.3) is 0 Å². The summed E-state index contributed by atoms with van der Waals surface area (Å²) in [5.41, 5.74) is 9.66. The Balaban J connectivity index is 2.36. The van der Waals surface area contributed by atoms with Gasteiger partial charge in [0.2, 0.25) is 5.91 Å². The number of hydrogen-bond acceptors (Lipinski definition) is 2. The smallest absolute Gasteiger partial charge is 0.330 e. The number of hydrogen-bond donors (Lipinski definition) is 3. The van der Waals surface area contributed by atoms with Crippen LogP contribution >= 0.6 is 0 Å². The molecule has 1 aliphatic rings. The van der Waals surface area contributed by atoms with Crippen LogP contribution in [0.25, 0.3) is 0 Å². The SMILES string of the molecule is CC(C)(C)C1CCC(C(=O)NNC(N)=O)CC1. The fraction of sp³-hybridized carbons (Fsp3) is 0.833. The Morgan fingerprint density at radius 3 is 2.00 bits per heavy atom. The number of nitrogens with two attached hydrogens (primary N) is 1. The molecule has 5 heteroatoms.